The first kappa shape index (κ1) is 19.4. The van der Waals surface area contributed by atoms with E-state index in [0.717, 1.165) is 12.1 Å². The number of hydrogen-bond acceptors (Lipinski definition) is 4. The summed E-state index contributed by atoms with van der Waals surface area (Å²) in [6.07, 6.45) is -5.48. The number of oxime groups is 1. The van der Waals surface area contributed by atoms with E-state index < -0.39 is 24.2 Å². The smallest absolute Gasteiger partial charge is 0.435 e. The zero-order chi connectivity index (χ0) is 20.0. The summed E-state index contributed by atoms with van der Waals surface area (Å²) >= 11 is 11.7. The molecule has 2 heterocycles. The van der Waals surface area contributed by atoms with Crippen LogP contribution in [0.25, 0.3) is 0 Å². The molecule has 3 rings (SSSR count). The van der Waals surface area contributed by atoms with Crippen LogP contribution < -0.4 is 0 Å². The zero-order valence-corrected chi connectivity index (χ0v) is 15.2. The van der Waals surface area contributed by atoms with Gasteiger partial charge in [-0.2, -0.15) is 13.2 Å². The van der Waals surface area contributed by atoms with Crippen LogP contribution in [0.1, 0.15) is 33.7 Å². The van der Waals surface area contributed by atoms with E-state index >= 15 is 0 Å². The number of halogens is 5. The van der Waals surface area contributed by atoms with Crippen LogP contribution in [0.4, 0.5) is 13.2 Å². The molecular formula is C17H11Cl2F3N2O3. The Kier molecular flexibility index (Phi) is 4.81. The van der Waals surface area contributed by atoms with E-state index in [1.807, 2.05) is 0 Å². The lowest BCUT2D eigenvalue weighted by atomic mass is 9.87. The van der Waals surface area contributed by atoms with Crippen LogP contribution in [-0.2, 0) is 10.4 Å². The summed E-state index contributed by atoms with van der Waals surface area (Å²) in [7, 11) is 0. The fourth-order valence-electron chi connectivity index (χ4n) is 2.78. The number of benzene rings is 1. The van der Waals surface area contributed by atoms with E-state index in [0.29, 0.717) is 0 Å². The Morgan fingerprint density at radius 2 is 1.85 bits per heavy atom. The number of pyridine rings is 1. The predicted molar refractivity (Wildman–Crippen MR) is 92.4 cm³/mol. The second-order valence-electron chi connectivity index (χ2n) is 5.92. The molecule has 0 spiro atoms. The summed E-state index contributed by atoms with van der Waals surface area (Å²) in [6.45, 7) is 1.44. The lowest BCUT2D eigenvalue weighted by Gasteiger charge is -2.29. The molecule has 0 saturated carbocycles. The van der Waals surface area contributed by atoms with E-state index in [4.69, 9.17) is 33.1 Å². The zero-order valence-electron chi connectivity index (χ0n) is 13.6. The fourth-order valence-corrected chi connectivity index (χ4v) is 3.30. The molecule has 0 bridgehead atoms. The van der Waals surface area contributed by atoms with Gasteiger partial charge < -0.3 is 9.94 Å². The molecule has 1 N–H and O–H groups in total. The molecule has 1 aromatic carbocycles. The van der Waals surface area contributed by atoms with E-state index in [2.05, 4.69) is 10.1 Å². The van der Waals surface area contributed by atoms with E-state index in [1.165, 1.54) is 25.1 Å². The summed E-state index contributed by atoms with van der Waals surface area (Å²) in [5.41, 5.74) is -2.93. The Morgan fingerprint density at radius 1 is 1.22 bits per heavy atom. The van der Waals surface area contributed by atoms with Crippen molar-refractivity contribution in [1.82, 2.24) is 4.98 Å². The predicted octanol–water partition coefficient (Wildman–Crippen LogP) is 4.98. The van der Waals surface area contributed by atoms with Gasteiger partial charge in [0.05, 0.1) is 23.4 Å². The Bertz CT molecular complexity index is 943. The van der Waals surface area contributed by atoms with Crippen molar-refractivity contribution in [3.63, 3.8) is 0 Å². The number of aromatic nitrogens is 1. The maximum atomic E-state index is 13.9. The average molecular weight is 419 g/mol. The molecule has 2 aromatic rings. The number of nitrogens with zero attached hydrogens (tertiary/aromatic N) is 2. The van der Waals surface area contributed by atoms with E-state index in [9.17, 15) is 18.0 Å². The average Bonchev–Trinajstić information content (AvgIpc) is 3.00. The molecule has 1 aliphatic heterocycles. The lowest BCUT2D eigenvalue weighted by Crippen LogP contribution is -2.42. The third-order valence-electron chi connectivity index (χ3n) is 4.13. The van der Waals surface area contributed by atoms with Gasteiger partial charge in [0.25, 0.3) is 5.60 Å². The number of carboxylic acid groups (broad SMARTS) is 1. The van der Waals surface area contributed by atoms with Crippen LogP contribution in [0.2, 0.25) is 10.0 Å². The van der Waals surface area contributed by atoms with Crippen LogP contribution in [0, 0.1) is 6.92 Å². The highest BCUT2D eigenvalue weighted by atomic mass is 35.5. The van der Waals surface area contributed by atoms with Gasteiger partial charge >= 0.3 is 12.1 Å². The minimum Gasteiger partial charge on any atom is -0.478 e. The minimum atomic E-state index is -4.82. The first-order chi connectivity index (χ1) is 12.5. The normalized spacial score (nSPS) is 19.6. The monoisotopic (exact) mass is 418 g/mol. The van der Waals surface area contributed by atoms with Crippen molar-refractivity contribution >= 4 is 34.9 Å². The molecule has 1 aromatic heterocycles. The van der Waals surface area contributed by atoms with Crippen molar-refractivity contribution in [1.29, 1.82) is 0 Å². The molecule has 0 saturated heterocycles. The summed E-state index contributed by atoms with van der Waals surface area (Å²) in [5.74, 6) is -1.19. The standard InChI is InChI=1S/C17H11Cl2F3N2O3/c1-8-12(15(25)26)2-3-13(23-8)14-7-16(27-24-14,17(20,21)22)9-4-10(18)6-11(19)5-9/h2-6H,7H2,1H3,(H,25,26). The highest BCUT2D eigenvalue weighted by molar-refractivity contribution is 6.34. The largest absolute Gasteiger partial charge is 0.478 e. The van der Waals surface area contributed by atoms with Crippen LogP contribution in [0.3, 0.4) is 0 Å². The van der Waals surface area contributed by atoms with Gasteiger partial charge in [0.15, 0.2) is 0 Å². The molecule has 0 fully saturated rings. The first-order valence-electron chi connectivity index (χ1n) is 7.53. The highest BCUT2D eigenvalue weighted by Crippen LogP contribution is 2.49. The fraction of sp³-hybridized carbons (Fsp3) is 0.235. The molecule has 1 unspecified atom stereocenters. The second-order valence-corrected chi connectivity index (χ2v) is 6.80. The van der Waals surface area contributed by atoms with Crippen LogP contribution >= 0.6 is 23.2 Å². The van der Waals surface area contributed by atoms with Gasteiger partial charge in [-0.3, -0.25) is 4.98 Å². The third-order valence-corrected chi connectivity index (χ3v) is 4.56. The number of carboxylic acids is 1. The van der Waals surface area contributed by atoms with Gasteiger partial charge in [-0.25, -0.2) is 4.79 Å². The maximum Gasteiger partial charge on any atom is 0.435 e. The van der Waals surface area contributed by atoms with Crippen LogP contribution in [-0.4, -0.2) is 27.9 Å². The number of rotatable bonds is 3. The number of carbonyl (C=O) groups is 1. The Hall–Kier alpha value is -2.32. The summed E-state index contributed by atoms with van der Waals surface area (Å²) < 4.78 is 41.8. The minimum absolute atomic E-state index is 0.0259. The molecule has 5 nitrogen and oxygen atoms in total. The SMILES string of the molecule is Cc1nc(C2=NOC(c3cc(Cl)cc(Cl)c3)(C(F)(F)F)C2)ccc1C(=O)O. The molecule has 0 aliphatic carbocycles. The van der Waals surface area contributed by atoms with Gasteiger partial charge in [-0.15, -0.1) is 0 Å². The molecule has 27 heavy (non-hydrogen) atoms. The highest BCUT2D eigenvalue weighted by Gasteiger charge is 2.62. The van der Waals surface area contributed by atoms with Crippen molar-refractivity contribution in [3.8, 4) is 0 Å². The van der Waals surface area contributed by atoms with Gasteiger partial charge in [0.1, 0.15) is 5.71 Å². The van der Waals surface area contributed by atoms with Crippen LogP contribution in [0.5, 0.6) is 0 Å². The Morgan fingerprint density at radius 3 is 2.37 bits per heavy atom. The summed E-state index contributed by atoms with van der Waals surface area (Å²) in [5, 5.41) is 12.7. The molecule has 0 radical (unpaired) electrons. The maximum absolute atomic E-state index is 13.9. The molecule has 0 amide bonds. The molecule has 1 aliphatic rings. The summed E-state index contributed by atoms with van der Waals surface area (Å²) in [4.78, 5) is 20.0. The van der Waals surface area contributed by atoms with Crippen molar-refractivity contribution in [2.75, 3.05) is 0 Å². The Balaban J connectivity index is 2.02. The number of aryl methyl sites for hydroxylation is 1. The topological polar surface area (TPSA) is 71.8 Å². The van der Waals surface area contributed by atoms with Crippen molar-refractivity contribution in [3.05, 3.63) is 62.9 Å². The molecular weight excluding hydrogens is 408 g/mol. The van der Waals surface area contributed by atoms with Crippen LogP contribution in [0.15, 0.2) is 35.5 Å². The number of alkyl halides is 3. The van der Waals surface area contributed by atoms with E-state index in [-0.39, 0.29) is 38.3 Å². The quantitative estimate of drug-likeness (QED) is 0.762. The van der Waals surface area contributed by atoms with Gasteiger partial charge in [-0.05, 0) is 37.3 Å². The first-order valence-corrected chi connectivity index (χ1v) is 8.29. The number of aromatic carboxylic acids is 1. The van der Waals surface area contributed by atoms with Crippen molar-refractivity contribution in [2.24, 2.45) is 5.16 Å². The van der Waals surface area contributed by atoms with Gasteiger partial charge in [0.2, 0.25) is 0 Å². The van der Waals surface area contributed by atoms with Crippen molar-refractivity contribution in [2.45, 2.75) is 25.1 Å². The van der Waals surface area contributed by atoms with Crippen molar-refractivity contribution < 1.29 is 27.9 Å². The number of hydrogen-bond donors (Lipinski definition) is 1. The molecule has 10 heteroatoms. The molecule has 1 atom stereocenters. The van der Waals surface area contributed by atoms with Gasteiger partial charge in [-0.1, -0.05) is 28.4 Å². The Labute approximate surface area is 161 Å². The molecule has 142 valence electrons. The third kappa shape index (κ3) is 3.46. The van der Waals surface area contributed by atoms with Gasteiger partial charge in [0, 0.05) is 15.6 Å². The van der Waals surface area contributed by atoms with E-state index in [1.54, 1.807) is 0 Å². The second kappa shape index (κ2) is 6.69. The summed E-state index contributed by atoms with van der Waals surface area (Å²) in [6, 6.07) is 6.09. The lowest BCUT2D eigenvalue weighted by molar-refractivity contribution is -0.275.